The van der Waals surface area contributed by atoms with E-state index in [-0.39, 0.29) is 30.2 Å². The Hall–Kier alpha value is -1.79. The number of aliphatic hydroxyl groups is 1. The fraction of sp³-hybridized carbons (Fsp3) is 0.632. The van der Waals surface area contributed by atoms with Crippen LogP contribution >= 0.6 is 0 Å². The molecule has 1 amide bonds. The van der Waals surface area contributed by atoms with Crippen LogP contribution in [0.3, 0.4) is 0 Å². The topological polar surface area (TPSA) is 97.2 Å². The maximum absolute atomic E-state index is 11.6. The molecule has 2 fully saturated rings. The van der Waals surface area contributed by atoms with E-state index in [0.29, 0.717) is 25.3 Å². The van der Waals surface area contributed by atoms with Gasteiger partial charge >= 0.3 is 0 Å². The summed E-state index contributed by atoms with van der Waals surface area (Å²) in [6.07, 6.45) is 4.59. The monoisotopic (exact) mass is 349 g/mol. The first-order valence-corrected chi connectivity index (χ1v) is 9.25. The molecule has 1 heterocycles. The molecule has 1 unspecified atom stereocenters. The second-order valence-corrected chi connectivity index (χ2v) is 7.40. The lowest BCUT2D eigenvalue weighted by molar-refractivity contribution is -0.937. The number of phenolic OH excluding ortho intramolecular Hbond substituents is 1. The highest BCUT2D eigenvalue weighted by Crippen LogP contribution is 2.45. The van der Waals surface area contributed by atoms with Gasteiger partial charge in [0, 0.05) is 17.9 Å². The molecule has 0 spiro atoms. The third-order valence-corrected chi connectivity index (χ3v) is 5.83. The lowest BCUT2D eigenvalue weighted by atomic mass is 9.66. The molecule has 1 saturated carbocycles. The van der Waals surface area contributed by atoms with Crippen molar-refractivity contribution in [3.8, 4) is 11.5 Å². The average molecular weight is 349 g/mol. The van der Waals surface area contributed by atoms with Crippen LogP contribution in [0.15, 0.2) is 18.2 Å². The van der Waals surface area contributed by atoms with Crippen LogP contribution in [0.1, 0.15) is 50.6 Å². The van der Waals surface area contributed by atoms with E-state index in [1.165, 1.54) is 0 Å². The van der Waals surface area contributed by atoms with Crippen LogP contribution in [-0.2, 0) is 4.79 Å². The van der Waals surface area contributed by atoms with Gasteiger partial charge in [-0.3, -0.25) is 4.79 Å². The lowest BCUT2D eigenvalue weighted by Crippen LogP contribution is -3.16. The van der Waals surface area contributed by atoms with Gasteiger partial charge in [-0.25, -0.2) is 0 Å². The second kappa shape index (κ2) is 7.22. The maximum Gasteiger partial charge on any atom is 0.272 e. The molecule has 1 aliphatic heterocycles. The number of carbonyl (C=O) groups excluding carboxylic acids is 1. The fourth-order valence-corrected chi connectivity index (χ4v) is 4.74. The molecule has 0 radical (unpaired) electrons. The van der Waals surface area contributed by atoms with Crippen molar-refractivity contribution in [3.05, 3.63) is 23.8 Å². The number of amides is 1. The number of quaternary nitrogens is 1. The Bertz CT molecular complexity index is 636. The Kier molecular flexibility index (Phi) is 5.20. The molecule has 6 nitrogen and oxygen atoms in total. The molecule has 1 aromatic rings. The number of piperidine rings is 1. The summed E-state index contributed by atoms with van der Waals surface area (Å²) in [5.41, 5.74) is 5.79. The minimum absolute atomic E-state index is 0.0219. The van der Waals surface area contributed by atoms with Crippen molar-refractivity contribution in [1.29, 1.82) is 0 Å². The van der Waals surface area contributed by atoms with Crippen molar-refractivity contribution in [2.24, 2.45) is 11.7 Å². The Morgan fingerprint density at radius 1 is 1.40 bits per heavy atom. The number of aromatic hydroxyl groups is 1. The maximum atomic E-state index is 11.6. The summed E-state index contributed by atoms with van der Waals surface area (Å²) in [7, 11) is 0. The van der Waals surface area contributed by atoms with Crippen LogP contribution in [0.4, 0.5) is 0 Å². The van der Waals surface area contributed by atoms with Gasteiger partial charge in [-0.1, -0.05) is 12.8 Å². The standard InChI is InChI=1S/C19H28N2O4/c1-2-25-16-11-13(6-7-15(16)22)18-14-5-3-4-8-19(14,24)9-10-21(18)12-17(20)23/h6-7,11,14,18,22,24H,2-5,8-10,12H2,1H3,(H2,20,23)/p+1/t14-,18+,19+/m0/s1. The first-order valence-electron chi connectivity index (χ1n) is 9.25. The predicted octanol–water partition coefficient (Wildman–Crippen LogP) is 0.527. The molecule has 1 aliphatic carbocycles. The number of phenols is 1. The molecule has 1 saturated heterocycles. The number of ether oxygens (including phenoxy) is 1. The van der Waals surface area contributed by atoms with E-state index in [1.54, 1.807) is 6.07 Å². The highest BCUT2D eigenvalue weighted by molar-refractivity contribution is 5.74. The van der Waals surface area contributed by atoms with Gasteiger partial charge in [-0.05, 0) is 38.0 Å². The zero-order valence-corrected chi connectivity index (χ0v) is 14.8. The number of benzene rings is 1. The second-order valence-electron chi connectivity index (χ2n) is 7.40. The molecule has 6 heteroatoms. The molecule has 0 bridgehead atoms. The Labute approximate surface area is 148 Å². The number of fused-ring (bicyclic) bond motifs is 1. The highest BCUT2D eigenvalue weighted by Gasteiger charge is 2.51. The molecule has 3 rings (SSSR count). The van der Waals surface area contributed by atoms with Crippen LogP contribution in [0.25, 0.3) is 0 Å². The van der Waals surface area contributed by atoms with E-state index in [0.717, 1.165) is 36.1 Å². The number of hydrogen-bond acceptors (Lipinski definition) is 4. The summed E-state index contributed by atoms with van der Waals surface area (Å²) in [5.74, 6) is 0.313. The van der Waals surface area contributed by atoms with E-state index in [2.05, 4.69) is 0 Å². The highest BCUT2D eigenvalue weighted by atomic mass is 16.5. The molecular weight excluding hydrogens is 320 g/mol. The molecule has 2 aliphatic rings. The smallest absolute Gasteiger partial charge is 0.272 e. The molecule has 25 heavy (non-hydrogen) atoms. The van der Waals surface area contributed by atoms with E-state index in [4.69, 9.17) is 10.5 Å². The van der Waals surface area contributed by atoms with Crippen LogP contribution in [-0.4, -0.2) is 41.4 Å². The van der Waals surface area contributed by atoms with Gasteiger partial charge < -0.3 is 25.6 Å². The first kappa shape index (κ1) is 18.0. The summed E-state index contributed by atoms with van der Waals surface area (Å²) in [6.45, 7) is 3.30. The van der Waals surface area contributed by atoms with Crippen molar-refractivity contribution < 1.29 is 24.6 Å². The average Bonchev–Trinajstić information content (AvgIpc) is 2.57. The third kappa shape index (κ3) is 3.60. The predicted molar refractivity (Wildman–Crippen MR) is 93.4 cm³/mol. The number of nitrogens with one attached hydrogen (secondary N) is 1. The van der Waals surface area contributed by atoms with Gasteiger partial charge in [0.15, 0.2) is 18.0 Å². The number of likely N-dealkylation sites (tertiary alicyclic amines) is 1. The number of carbonyl (C=O) groups is 1. The summed E-state index contributed by atoms with van der Waals surface area (Å²) in [5, 5.41) is 21.2. The van der Waals surface area contributed by atoms with Crippen LogP contribution in [0, 0.1) is 5.92 Å². The number of nitrogens with two attached hydrogens (primary N) is 1. The summed E-state index contributed by atoms with van der Waals surface area (Å²) in [4.78, 5) is 12.7. The SMILES string of the molecule is CCOc1cc([C@@H]2[C@@H]3CCCC[C@@]3(O)CC[NH+]2CC(N)=O)ccc1O. The number of primary amides is 1. The van der Waals surface area contributed by atoms with Gasteiger partial charge in [0.25, 0.3) is 5.91 Å². The zero-order valence-electron chi connectivity index (χ0n) is 14.8. The zero-order chi connectivity index (χ0) is 18.0. The van der Waals surface area contributed by atoms with E-state index in [9.17, 15) is 15.0 Å². The van der Waals surface area contributed by atoms with Crippen LogP contribution in [0.2, 0.25) is 0 Å². The Balaban J connectivity index is 1.99. The van der Waals surface area contributed by atoms with Gasteiger partial charge in [0.1, 0.15) is 6.04 Å². The summed E-state index contributed by atoms with van der Waals surface area (Å²) in [6, 6.07) is 5.35. The van der Waals surface area contributed by atoms with E-state index >= 15 is 0 Å². The van der Waals surface area contributed by atoms with Crippen molar-refractivity contribution >= 4 is 5.91 Å². The largest absolute Gasteiger partial charge is 0.504 e. The van der Waals surface area contributed by atoms with Crippen molar-refractivity contribution in [3.63, 3.8) is 0 Å². The first-order chi connectivity index (χ1) is 11.9. The fourth-order valence-electron chi connectivity index (χ4n) is 4.74. The Morgan fingerprint density at radius 3 is 2.92 bits per heavy atom. The normalized spacial score (nSPS) is 32.0. The molecular formula is C19H29N2O4+. The lowest BCUT2D eigenvalue weighted by Gasteiger charge is -2.50. The minimum atomic E-state index is -0.673. The van der Waals surface area contributed by atoms with Gasteiger partial charge in [-0.2, -0.15) is 0 Å². The van der Waals surface area contributed by atoms with Crippen LogP contribution < -0.4 is 15.4 Å². The van der Waals surface area contributed by atoms with E-state index < -0.39 is 5.60 Å². The molecule has 1 aromatic carbocycles. The molecule has 5 N–H and O–H groups in total. The molecule has 4 atom stereocenters. The van der Waals surface area contributed by atoms with Crippen molar-refractivity contribution in [2.75, 3.05) is 19.7 Å². The Morgan fingerprint density at radius 2 is 2.20 bits per heavy atom. The van der Waals surface area contributed by atoms with Gasteiger partial charge in [0.2, 0.25) is 0 Å². The van der Waals surface area contributed by atoms with E-state index in [1.807, 2.05) is 19.1 Å². The van der Waals surface area contributed by atoms with Crippen molar-refractivity contribution in [1.82, 2.24) is 0 Å². The summed E-state index contributed by atoms with van der Waals surface area (Å²) < 4.78 is 5.53. The number of hydrogen-bond donors (Lipinski definition) is 4. The van der Waals surface area contributed by atoms with Gasteiger partial charge in [0.05, 0.1) is 18.8 Å². The molecule has 0 aromatic heterocycles. The number of rotatable bonds is 5. The van der Waals surface area contributed by atoms with Crippen LogP contribution in [0.5, 0.6) is 11.5 Å². The summed E-state index contributed by atoms with van der Waals surface area (Å²) >= 11 is 0. The van der Waals surface area contributed by atoms with Crippen molar-refractivity contribution in [2.45, 2.75) is 50.7 Å². The molecule has 138 valence electrons. The van der Waals surface area contributed by atoms with Gasteiger partial charge in [-0.15, -0.1) is 0 Å². The quantitative estimate of drug-likeness (QED) is 0.623. The third-order valence-electron chi connectivity index (χ3n) is 5.83. The minimum Gasteiger partial charge on any atom is -0.504 e.